The van der Waals surface area contributed by atoms with Crippen molar-refractivity contribution in [3.63, 3.8) is 0 Å². The largest absolute Gasteiger partial charge is 0.305 e. The van der Waals surface area contributed by atoms with Crippen LogP contribution < -0.4 is 5.56 Å². The maximum absolute atomic E-state index is 12.6. The van der Waals surface area contributed by atoms with Crippen LogP contribution in [0.15, 0.2) is 34.1 Å². The maximum atomic E-state index is 12.6. The Morgan fingerprint density at radius 3 is 2.92 bits per heavy atom. The minimum atomic E-state index is -0.0588. The molecule has 1 aromatic heterocycles. The predicted octanol–water partition coefficient (Wildman–Crippen LogP) is 2.17. The Bertz CT molecular complexity index is 953. The highest BCUT2D eigenvalue weighted by molar-refractivity contribution is 5.97. The van der Waals surface area contributed by atoms with Gasteiger partial charge in [0.2, 0.25) is 0 Å². The fourth-order valence-electron chi connectivity index (χ4n) is 3.65. The van der Waals surface area contributed by atoms with Crippen molar-refractivity contribution in [3.8, 4) is 6.07 Å². The Kier molecular flexibility index (Phi) is 4.63. The second-order valence-electron chi connectivity index (χ2n) is 6.85. The number of H-pyrrole nitrogens is 1. The van der Waals surface area contributed by atoms with Gasteiger partial charge in [-0.1, -0.05) is 18.2 Å². The maximum Gasteiger partial charge on any atom is 0.255 e. The van der Waals surface area contributed by atoms with Gasteiger partial charge < -0.3 is 4.98 Å². The fourth-order valence-corrected chi connectivity index (χ4v) is 3.65. The van der Waals surface area contributed by atoms with Crippen molar-refractivity contribution in [2.24, 2.45) is 4.99 Å². The van der Waals surface area contributed by atoms with Gasteiger partial charge in [-0.15, -0.1) is 0 Å². The number of benzene rings is 1. The second-order valence-corrected chi connectivity index (χ2v) is 6.85. The Hall–Kier alpha value is -2.78. The molecule has 0 saturated carbocycles. The number of hydrogen-bond donors (Lipinski definition) is 1. The number of aromatic amines is 1. The van der Waals surface area contributed by atoms with Gasteiger partial charge in [-0.25, -0.2) is 4.98 Å². The molecule has 2 aliphatic heterocycles. The van der Waals surface area contributed by atoms with Gasteiger partial charge in [0, 0.05) is 32.6 Å². The van der Waals surface area contributed by atoms with Gasteiger partial charge in [0.15, 0.2) is 5.82 Å². The quantitative estimate of drug-likeness (QED) is 0.922. The lowest BCUT2D eigenvalue weighted by molar-refractivity contribution is 0.241. The first-order chi connectivity index (χ1) is 12.7. The van der Waals surface area contributed by atoms with E-state index >= 15 is 0 Å². The van der Waals surface area contributed by atoms with Crippen LogP contribution in [0.4, 0.5) is 0 Å². The molecule has 6 heteroatoms. The molecule has 0 radical (unpaired) electrons. The van der Waals surface area contributed by atoms with Crippen LogP contribution in [0.25, 0.3) is 0 Å². The second kappa shape index (κ2) is 7.22. The highest BCUT2D eigenvalue weighted by atomic mass is 16.1. The van der Waals surface area contributed by atoms with Gasteiger partial charge >= 0.3 is 0 Å². The summed E-state index contributed by atoms with van der Waals surface area (Å²) < 4.78 is 0. The van der Waals surface area contributed by atoms with E-state index < -0.39 is 0 Å². The first-order valence-corrected chi connectivity index (χ1v) is 9.11. The van der Waals surface area contributed by atoms with Crippen LogP contribution >= 0.6 is 0 Å². The first-order valence-electron chi connectivity index (χ1n) is 9.11. The molecule has 1 N–H and O–H groups in total. The first kappa shape index (κ1) is 16.7. The third-order valence-corrected chi connectivity index (χ3v) is 5.08. The van der Waals surface area contributed by atoms with Gasteiger partial charge in [-0.05, 0) is 30.9 Å². The lowest BCUT2D eigenvalue weighted by Crippen LogP contribution is -2.36. The van der Waals surface area contributed by atoms with Gasteiger partial charge in [0.1, 0.15) is 0 Å². The van der Waals surface area contributed by atoms with E-state index in [9.17, 15) is 10.1 Å². The van der Waals surface area contributed by atoms with E-state index in [-0.39, 0.29) is 5.56 Å². The summed E-state index contributed by atoms with van der Waals surface area (Å²) in [6.45, 7) is 2.87. The van der Waals surface area contributed by atoms with Crippen molar-refractivity contribution < 1.29 is 0 Å². The normalized spacial score (nSPS) is 17.3. The molecule has 132 valence electrons. The molecule has 0 fully saturated rings. The number of aliphatic imine (C=N–C) groups is 1. The topological polar surface area (TPSA) is 85.1 Å². The highest BCUT2D eigenvalue weighted by Gasteiger charge is 2.23. The Morgan fingerprint density at radius 2 is 2.12 bits per heavy atom. The van der Waals surface area contributed by atoms with Crippen LogP contribution in [0, 0.1) is 11.3 Å². The van der Waals surface area contributed by atoms with E-state index in [1.165, 1.54) is 0 Å². The number of fused-ring (bicyclic) bond motifs is 1. The summed E-state index contributed by atoms with van der Waals surface area (Å²) in [7, 11) is 0. The van der Waals surface area contributed by atoms with Crippen molar-refractivity contribution >= 4 is 5.71 Å². The molecule has 0 amide bonds. The summed E-state index contributed by atoms with van der Waals surface area (Å²) >= 11 is 0. The number of aromatic nitrogens is 2. The number of nitriles is 1. The van der Waals surface area contributed by atoms with Gasteiger partial charge in [0.05, 0.1) is 28.6 Å². The lowest BCUT2D eigenvalue weighted by Gasteiger charge is -2.28. The molecular weight excluding hydrogens is 326 g/mol. The van der Waals surface area contributed by atoms with Crippen LogP contribution in [0.3, 0.4) is 0 Å². The number of rotatable bonds is 3. The summed E-state index contributed by atoms with van der Waals surface area (Å²) in [5.41, 5.74) is 4.19. The van der Waals surface area contributed by atoms with E-state index in [0.717, 1.165) is 61.3 Å². The number of nitrogens with one attached hydrogen (secondary N) is 1. The monoisotopic (exact) mass is 347 g/mol. The van der Waals surface area contributed by atoms with Crippen molar-refractivity contribution in [2.75, 3.05) is 13.1 Å². The number of hydrogen-bond acceptors (Lipinski definition) is 5. The molecule has 26 heavy (non-hydrogen) atoms. The lowest BCUT2D eigenvalue weighted by atomic mass is 10.0. The van der Waals surface area contributed by atoms with E-state index in [2.05, 4.69) is 20.9 Å². The van der Waals surface area contributed by atoms with E-state index in [1.54, 1.807) is 0 Å². The predicted molar refractivity (Wildman–Crippen MR) is 99.1 cm³/mol. The average molecular weight is 347 g/mol. The Balaban J connectivity index is 1.57. The molecule has 0 spiro atoms. The summed E-state index contributed by atoms with van der Waals surface area (Å²) in [4.78, 5) is 27.0. The molecule has 0 atom stereocenters. The van der Waals surface area contributed by atoms with Crippen LogP contribution in [-0.2, 0) is 19.5 Å². The number of nitrogens with zero attached hydrogens (tertiary/aromatic N) is 4. The molecule has 6 nitrogen and oxygen atoms in total. The molecule has 3 heterocycles. The Labute approximate surface area is 152 Å². The molecule has 0 unspecified atom stereocenters. The summed E-state index contributed by atoms with van der Waals surface area (Å²) in [5.74, 6) is 0.650. The zero-order valence-corrected chi connectivity index (χ0v) is 14.7. The van der Waals surface area contributed by atoms with E-state index in [4.69, 9.17) is 4.98 Å². The molecule has 4 rings (SSSR count). The molecule has 2 aliphatic rings. The molecule has 0 saturated heterocycles. The SMILES string of the molecule is N#Cc1ccccc1CN1CCc2nc(C3=NCCCC3)[nH]c(=O)c2C1. The van der Waals surface area contributed by atoms with Crippen LogP contribution in [0.1, 0.15) is 47.5 Å². The zero-order chi connectivity index (χ0) is 17.9. The van der Waals surface area contributed by atoms with Crippen molar-refractivity contribution in [1.29, 1.82) is 5.26 Å². The van der Waals surface area contributed by atoms with Crippen LogP contribution in [0.2, 0.25) is 0 Å². The van der Waals surface area contributed by atoms with Crippen LogP contribution in [-0.4, -0.2) is 33.7 Å². The minimum Gasteiger partial charge on any atom is -0.305 e. The summed E-state index contributed by atoms with van der Waals surface area (Å²) in [6, 6.07) is 9.86. The van der Waals surface area contributed by atoms with Crippen molar-refractivity contribution in [2.45, 2.75) is 38.8 Å². The Morgan fingerprint density at radius 1 is 1.23 bits per heavy atom. The van der Waals surface area contributed by atoms with Crippen molar-refractivity contribution in [1.82, 2.24) is 14.9 Å². The summed E-state index contributed by atoms with van der Waals surface area (Å²) in [6.07, 6.45) is 3.84. The van der Waals surface area contributed by atoms with Gasteiger partial charge in [-0.3, -0.25) is 14.7 Å². The molecule has 2 aromatic rings. The molecule has 0 bridgehead atoms. The molecular formula is C20H21N5O. The highest BCUT2D eigenvalue weighted by Crippen LogP contribution is 2.19. The third-order valence-electron chi connectivity index (χ3n) is 5.08. The van der Waals surface area contributed by atoms with Gasteiger partial charge in [0.25, 0.3) is 5.56 Å². The van der Waals surface area contributed by atoms with Gasteiger partial charge in [-0.2, -0.15) is 5.26 Å². The minimum absolute atomic E-state index is 0.0588. The zero-order valence-electron chi connectivity index (χ0n) is 14.7. The smallest absolute Gasteiger partial charge is 0.255 e. The van der Waals surface area contributed by atoms with Crippen molar-refractivity contribution in [3.05, 3.63) is 62.8 Å². The molecule has 1 aromatic carbocycles. The molecule has 0 aliphatic carbocycles. The van der Waals surface area contributed by atoms with E-state index in [0.29, 0.717) is 24.5 Å². The average Bonchev–Trinajstić information content (AvgIpc) is 2.69. The van der Waals surface area contributed by atoms with Crippen LogP contribution in [0.5, 0.6) is 0 Å². The third kappa shape index (κ3) is 3.31. The fraction of sp³-hybridized carbons (Fsp3) is 0.400. The van der Waals surface area contributed by atoms with E-state index in [1.807, 2.05) is 24.3 Å². The standard InChI is InChI=1S/C20H21N5O/c21-11-14-5-1-2-6-15(14)12-25-10-8-17-16(13-25)20(26)24-19(23-17)18-7-3-4-9-22-18/h1-2,5-6H,3-4,7-10,12-13H2,(H,23,24,26). The summed E-state index contributed by atoms with van der Waals surface area (Å²) in [5, 5.41) is 9.26.